The molecular weight excluding hydrogens is 220 g/mol. The molecule has 0 bridgehead atoms. The lowest BCUT2D eigenvalue weighted by molar-refractivity contribution is 0.123. The quantitative estimate of drug-likeness (QED) is 0.760. The molecule has 1 saturated heterocycles. The van der Waals surface area contributed by atoms with Crippen LogP contribution >= 0.6 is 0 Å². The zero-order valence-corrected chi connectivity index (χ0v) is 9.67. The van der Waals surface area contributed by atoms with Gasteiger partial charge in [-0.1, -0.05) is 0 Å². The molecular formula is C11H14N4O2. The minimum atomic E-state index is 0.582. The molecule has 0 spiro atoms. The van der Waals surface area contributed by atoms with Crippen molar-refractivity contribution in [3.8, 4) is 5.88 Å². The van der Waals surface area contributed by atoms with Crippen LogP contribution in [-0.2, 0) is 4.74 Å². The number of anilines is 1. The lowest BCUT2D eigenvalue weighted by Gasteiger charge is -2.28. The average molecular weight is 234 g/mol. The molecule has 1 fully saturated rings. The molecule has 1 aliphatic rings. The number of hydrogen-bond donors (Lipinski definition) is 0. The van der Waals surface area contributed by atoms with E-state index >= 15 is 0 Å². The molecule has 0 aliphatic carbocycles. The van der Waals surface area contributed by atoms with Gasteiger partial charge < -0.3 is 14.4 Å². The van der Waals surface area contributed by atoms with Crippen molar-refractivity contribution in [2.45, 2.75) is 0 Å². The Balaban J connectivity index is 2.05. The van der Waals surface area contributed by atoms with Crippen LogP contribution in [0.4, 0.5) is 5.69 Å². The first-order chi connectivity index (χ1) is 8.38. The lowest BCUT2D eigenvalue weighted by Crippen LogP contribution is -2.36. The number of imidazole rings is 1. The summed E-state index contributed by atoms with van der Waals surface area (Å²) in [6.45, 7) is 3.28. The van der Waals surface area contributed by atoms with E-state index in [0.29, 0.717) is 5.88 Å². The predicted molar refractivity (Wildman–Crippen MR) is 62.6 cm³/mol. The minimum Gasteiger partial charge on any atom is -0.480 e. The molecule has 0 aromatic carbocycles. The zero-order chi connectivity index (χ0) is 11.7. The fraction of sp³-hybridized carbons (Fsp3) is 0.455. The minimum absolute atomic E-state index is 0.582. The molecule has 0 atom stereocenters. The van der Waals surface area contributed by atoms with Gasteiger partial charge in [-0.15, -0.1) is 0 Å². The van der Waals surface area contributed by atoms with Crippen molar-refractivity contribution in [3.63, 3.8) is 0 Å². The molecule has 17 heavy (non-hydrogen) atoms. The molecule has 90 valence electrons. The topological polar surface area (TPSA) is 51.9 Å². The van der Waals surface area contributed by atoms with Crippen LogP contribution in [0, 0.1) is 0 Å². The summed E-state index contributed by atoms with van der Waals surface area (Å²) >= 11 is 0. The van der Waals surface area contributed by atoms with Gasteiger partial charge in [0.05, 0.1) is 38.4 Å². The van der Waals surface area contributed by atoms with E-state index in [1.165, 1.54) is 0 Å². The maximum atomic E-state index is 5.35. The van der Waals surface area contributed by atoms with Gasteiger partial charge >= 0.3 is 0 Å². The smallest absolute Gasteiger partial charge is 0.234 e. The van der Waals surface area contributed by atoms with Crippen molar-refractivity contribution in [2.75, 3.05) is 38.3 Å². The van der Waals surface area contributed by atoms with E-state index in [1.807, 2.05) is 6.07 Å². The number of ether oxygens (including phenoxy) is 2. The van der Waals surface area contributed by atoms with Gasteiger partial charge in [0.2, 0.25) is 5.88 Å². The Hall–Kier alpha value is -1.82. The van der Waals surface area contributed by atoms with Crippen molar-refractivity contribution in [3.05, 3.63) is 18.5 Å². The van der Waals surface area contributed by atoms with Crippen molar-refractivity contribution >= 4 is 11.3 Å². The lowest BCUT2D eigenvalue weighted by atomic mass is 10.3. The van der Waals surface area contributed by atoms with E-state index in [0.717, 1.165) is 37.6 Å². The summed E-state index contributed by atoms with van der Waals surface area (Å²) in [6.07, 6.45) is 3.55. The molecule has 3 rings (SSSR count). The molecule has 3 heterocycles. The summed E-state index contributed by atoms with van der Waals surface area (Å²) < 4.78 is 12.2. The Kier molecular flexibility index (Phi) is 2.56. The van der Waals surface area contributed by atoms with Crippen LogP contribution in [0.25, 0.3) is 5.65 Å². The first kappa shape index (κ1) is 10.3. The van der Waals surface area contributed by atoms with Crippen LogP contribution in [0.2, 0.25) is 0 Å². The molecule has 0 amide bonds. The molecule has 6 nitrogen and oxygen atoms in total. The second-order valence-corrected chi connectivity index (χ2v) is 3.87. The summed E-state index contributed by atoms with van der Waals surface area (Å²) in [5.74, 6) is 0.582. The normalized spacial score (nSPS) is 16.4. The molecule has 2 aromatic rings. The number of nitrogens with zero attached hydrogens (tertiary/aromatic N) is 4. The van der Waals surface area contributed by atoms with Crippen molar-refractivity contribution < 1.29 is 9.47 Å². The van der Waals surface area contributed by atoms with Gasteiger partial charge in [-0.2, -0.15) is 10.1 Å². The van der Waals surface area contributed by atoms with Crippen LogP contribution in [0.15, 0.2) is 18.5 Å². The third-order valence-corrected chi connectivity index (χ3v) is 2.88. The summed E-state index contributed by atoms with van der Waals surface area (Å²) in [5, 5.41) is 4.22. The summed E-state index contributed by atoms with van der Waals surface area (Å²) in [6, 6.07) is 1.98. The highest BCUT2D eigenvalue weighted by molar-refractivity contribution is 5.69. The number of aromatic nitrogens is 3. The Morgan fingerprint density at radius 2 is 2.18 bits per heavy atom. The monoisotopic (exact) mass is 234 g/mol. The summed E-state index contributed by atoms with van der Waals surface area (Å²) in [7, 11) is 1.61. The van der Waals surface area contributed by atoms with E-state index in [2.05, 4.69) is 15.0 Å². The fourth-order valence-electron chi connectivity index (χ4n) is 2.01. The molecule has 6 heteroatoms. The zero-order valence-electron chi connectivity index (χ0n) is 9.67. The number of hydrogen-bond acceptors (Lipinski definition) is 5. The molecule has 0 saturated carbocycles. The van der Waals surface area contributed by atoms with E-state index in [9.17, 15) is 0 Å². The molecule has 2 aromatic heterocycles. The Morgan fingerprint density at radius 1 is 1.35 bits per heavy atom. The van der Waals surface area contributed by atoms with E-state index in [1.54, 1.807) is 24.0 Å². The third kappa shape index (κ3) is 1.80. The Morgan fingerprint density at radius 3 is 2.94 bits per heavy atom. The Bertz CT molecular complexity index is 519. The van der Waals surface area contributed by atoms with Gasteiger partial charge in [0.1, 0.15) is 0 Å². The predicted octanol–water partition coefficient (Wildman–Crippen LogP) is 0.575. The first-order valence-electron chi connectivity index (χ1n) is 5.59. The van der Waals surface area contributed by atoms with E-state index in [4.69, 9.17) is 9.47 Å². The highest BCUT2D eigenvalue weighted by Gasteiger charge is 2.16. The third-order valence-electron chi connectivity index (χ3n) is 2.88. The number of rotatable bonds is 2. The molecule has 0 N–H and O–H groups in total. The van der Waals surface area contributed by atoms with Crippen LogP contribution in [0.5, 0.6) is 5.88 Å². The molecule has 1 aliphatic heterocycles. The second kappa shape index (κ2) is 4.21. The molecule has 0 unspecified atom stereocenters. The second-order valence-electron chi connectivity index (χ2n) is 3.87. The maximum Gasteiger partial charge on any atom is 0.234 e. The van der Waals surface area contributed by atoms with Crippen molar-refractivity contribution in [1.29, 1.82) is 0 Å². The number of methoxy groups -OCH3 is 1. The molecule has 0 radical (unpaired) electrons. The van der Waals surface area contributed by atoms with Crippen LogP contribution in [-0.4, -0.2) is 48.0 Å². The summed E-state index contributed by atoms with van der Waals surface area (Å²) in [4.78, 5) is 6.66. The average Bonchev–Trinajstić information content (AvgIpc) is 2.82. The van der Waals surface area contributed by atoms with E-state index < -0.39 is 0 Å². The summed E-state index contributed by atoms with van der Waals surface area (Å²) in [5.41, 5.74) is 1.90. The van der Waals surface area contributed by atoms with Crippen LogP contribution in [0.1, 0.15) is 0 Å². The van der Waals surface area contributed by atoms with Crippen molar-refractivity contribution in [1.82, 2.24) is 14.6 Å². The highest BCUT2D eigenvalue weighted by Crippen LogP contribution is 2.22. The standard InChI is InChI=1S/C11H14N4O2/c1-16-10-8-15-11(13-10)9(2-3-12-15)14-4-6-17-7-5-14/h2-3,8H,4-7H2,1H3. The largest absolute Gasteiger partial charge is 0.480 e. The van der Waals surface area contributed by atoms with Gasteiger partial charge in [-0.25, -0.2) is 4.52 Å². The SMILES string of the molecule is COc1cn2nccc(N3CCOCC3)c2n1. The number of fused-ring (bicyclic) bond motifs is 1. The number of morpholine rings is 1. The van der Waals surface area contributed by atoms with Gasteiger partial charge in [0.15, 0.2) is 5.65 Å². The van der Waals surface area contributed by atoms with Crippen LogP contribution < -0.4 is 9.64 Å². The fourth-order valence-corrected chi connectivity index (χ4v) is 2.01. The van der Waals surface area contributed by atoms with Gasteiger partial charge in [0, 0.05) is 13.1 Å². The van der Waals surface area contributed by atoms with Crippen LogP contribution in [0.3, 0.4) is 0 Å². The van der Waals surface area contributed by atoms with Gasteiger partial charge in [0.25, 0.3) is 0 Å². The first-order valence-corrected chi connectivity index (χ1v) is 5.59. The van der Waals surface area contributed by atoms with Gasteiger partial charge in [-0.05, 0) is 6.07 Å². The van der Waals surface area contributed by atoms with Crippen molar-refractivity contribution in [2.24, 2.45) is 0 Å². The van der Waals surface area contributed by atoms with Gasteiger partial charge in [-0.3, -0.25) is 0 Å². The Labute approximate surface area is 98.8 Å². The maximum absolute atomic E-state index is 5.35. The highest BCUT2D eigenvalue weighted by atomic mass is 16.5. The van der Waals surface area contributed by atoms with E-state index in [-0.39, 0.29) is 0 Å².